The summed E-state index contributed by atoms with van der Waals surface area (Å²) in [6, 6.07) is -0.00704. The van der Waals surface area contributed by atoms with Gasteiger partial charge in [-0.25, -0.2) is 21.6 Å². The third-order valence-corrected chi connectivity index (χ3v) is 8.23. The predicted molar refractivity (Wildman–Crippen MR) is 111 cm³/mol. The minimum Gasteiger partial charge on any atom is -0.304 e. The fourth-order valence-corrected chi connectivity index (χ4v) is 4.23. The molecule has 0 atom stereocenters. The molecule has 160 valence electrons. The smallest absolute Gasteiger partial charge is 0.219 e. The molecule has 9 heteroatoms. The van der Waals surface area contributed by atoms with Gasteiger partial charge in [0.1, 0.15) is 0 Å². The van der Waals surface area contributed by atoms with Crippen molar-refractivity contribution in [2.45, 2.75) is 78.4 Å². The SMILES string of the molecule is CC.CC(C)NS(=O)(=O)C(C)C.CN1CCN(S(=O)(=O)C(C)(C)C)CC1. The second-order valence-corrected chi connectivity index (χ2v) is 12.6. The van der Waals surface area contributed by atoms with Crippen molar-refractivity contribution in [1.29, 1.82) is 0 Å². The van der Waals surface area contributed by atoms with E-state index in [0.29, 0.717) is 13.1 Å². The largest absolute Gasteiger partial charge is 0.304 e. The maximum Gasteiger partial charge on any atom is 0.219 e. The van der Waals surface area contributed by atoms with Crippen molar-refractivity contribution in [3.8, 4) is 0 Å². The van der Waals surface area contributed by atoms with Crippen LogP contribution >= 0.6 is 0 Å². The molecule has 1 aliphatic rings. The maximum atomic E-state index is 12.0. The molecule has 26 heavy (non-hydrogen) atoms. The van der Waals surface area contributed by atoms with Gasteiger partial charge in [0.05, 0.1) is 10.00 Å². The predicted octanol–water partition coefficient (Wildman–Crippen LogP) is 2.11. The van der Waals surface area contributed by atoms with E-state index in [1.807, 2.05) is 20.9 Å². The summed E-state index contributed by atoms with van der Waals surface area (Å²) in [5.74, 6) is 0. The van der Waals surface area contributed by atoms with Gasteiger partial charge in [-0.2, -0.15) is 4.31 Å². The van der Waals surface area contributed by atoms with Crippen molar-refractivity contribution in [2.24, 2.45) is 0 Å². The zero-order chi connectivity index (χ0) is 21.3. The Morgan fingerprint density at radius 3 is 1.46 bits per heavy atom. The van der Waals surface area contributed by atoms with Crippen LogP contribution in [0.4, 0.5) is 0 Å². The maximum absolute atomic E-state index is 12.0. The van der Waals surface area contributed by atoms with Crippen LogP contribution in [0.15, 0.2) is 0 Å². The standard InChI is InChI=1S/C9H20N2O2S.C6H15NO2S.C2H6/c1-9(2,3)14(12,13)11-7-5-10(4)6-8-11;1-5(2)7-10(8,9)6(3)4;1-2/h5-8H2,1-4H3;5-7H,1-4H3;1-2H3. The molecule has 0 saturated carbocycles. The van der Waals surface area contributed by atoms with E-state index in [4.69, 9.17) is 0 Å². The van der Waals surface area contributed by atoms with E-state index >= 15 is 0 Å². The Kier molecular flexibility index (Phi) is 12.5. The Bertz CT molecular complexity index is 572. The lowest BCUT2D eigenvalue weighted by Crippen LogP contribution is -2.51. The first-order valence-corrected chi connectivity index (χ1v) is 12.3. The average molecular weight is 416 g/mol. The quantitative estimate of drug-likeness (QED) is 0.760. The molecule has 1 aliphatic heterocycles. The molecule has 0 aromatic rings. The molecule has 1 heterocycles. The summed E-state index contributed by atoms with van der Waals surface area (Å²) < 4.78 is 49.5. The van der Waals surface area contributed by atoms with Gasteiger partial charge in [-0.15, -0.1) is 0 Å². The molecular weight excluding hydrogens is 374 g/mol. The Morgan fingerprint density at radius 1 is 0.846 bits per heavy atom. The first-order valence-electron chi connectivity index (χ1n) is 9.30. The molecule has 0 amide bonds. The second-order valence-electron chi connectivity index (χ2n) is 7.69. The Morgan fingerprint density at radius 2 is 1.23 bits per heavy atom. The Labute approximate surface area is 162 Å². The van der Waals surface area contributed by atoms with Gasteiger partial charge < -0.3 is 4.90 Å². The van der Waals surface area contributed by atoms with Crippen LogP contribution < -0.4 is 4.72 Å². The van der Waals surface area contributed by atoms with Crippen LogP contribution in [0.25, 0.3) is 0 Å². The van der Waals surface area contributed by atoms with Crippen LogP contribution in [0.1, 0.15) is 62.3 Å². The Balaban J connectivity index is 0. The van der Waals surface area contributed by atoms with Crippen molar-refractivity contribution >= 4 is 20.0 Å². The van der Waals surface area contributed by atoms with E-state index in [9.17, 15) is 16.8 Å². The summed E-state index contributed by atoms with van der Waals surface area (Å²) in [6.07, 6.45) is 0. The summed E-state index contributed by atoms with van der Waals surface area (Å²) in [7, 11) is -4.15. The van der Waals surface area contributed by atoms with Gasteiger partial charge in [0, 0.05) is 32.2 Å². The summed E-state index contributed by atoms with van der Waals surface area (Å²) >= 11 is 0. The number of likely N-dealkylation sites (N-methyl/N-ethyl adjacent to an activating group) is 1. The number of rotatable bonds is 4. The lowest BCUT2D eigenvalue weighted by atomic mass is 10.3. The molecular formula is C17H41N3O4S2. The highest BCUT2D eigenvalue weighted by molar-refractivity contribution is 7.90. The van der Waals surface area contributed by atoms with E-state index in [-0.39, 0.29) is 11.3 Å². The van der Waals surface area contributed by atoms with Crippen molar-refractivity contribution in [3.05, 3.63) is 0 Å². The van der Waals surface area contributed by atoms with Gasteiger partial charge in [0.25, 0.3) is 0 Å². The molecule has 0 aromatic carbocycles. The molecule has 1 N–H and O–H groups in total. The van der Waals surface area contributed by atoms with Gasteiger partial charge in [-0.1, -0.05) is 13.8 Å². The lowest BCUT2D eigenvalue weighted by molar-refractivity contribution is 0.219. The molecule has 0 unspecified atom stereocenters. The fraction of sp³-hybridized carbons (Fsp3) is 1.00. The molecule has 0 radical (unpaired) electrons. The Hall–Kier alpha value is -0.220. The molecule has 0 spiro atoms. The van der Waals surface area contributed by atoms with Crippen molar-refractivity contribution in [1.82, 2.24) is 13.9 Å². The van der Waals surface area contributed by atoms with Crippen LogP contribution in [0.3, 0.4) is 0 Å². The molecule has 1 fully saturated rings. The van der Waals surface area contributed by atoms with Crippen LogP contribution in [0, 0.1) is 0 Å². The van der Waals surface area contributed by atoms with Gasteiger partial charge >= 0.3 is 0 Å². The highest BCUT2D eigenvalue weighted by Gasteiger charge is 2.36. The van der Waals surface area contributed by atoms with Gasteiger partial charge in [0.2, 0.25) is 20.0 Å². The van der Waals surface area contributed by atoms with Crippen LogP contribution in [-0.4, -0.2) is 75.3 Å². The lowest BCUT2D eigenvalue weighted by Gasteiger charge is -2.35. The average Bonchev–Trinajstić information content (AvgIpc) is 2.48. The third-order valence-electron chi connectivity index (χ3n) is 3.60. The first kappa shape index (κ1) is 28.0. The van der Waals surface area contributed by atoms with Crippen LogP contribution in [-0.2, 0) is 20.0 Å². The summed E-state index contributed by atoms with van der Waals surface area (Å²) in [4.78, 5) is 2.15. The first-order chi connectivity index (χ1) is 11.6. The van der Waals surface area contributed by atoms with Crippen LogP contribution in [0.2, 0.25) is 0 Å². The molecule has 0 aromatic heterocycles. The number of hydrogen-bond donors (Lipinski definition) is 1. The zero-order valence-electron chi connectivity index (χ0n) is 18.3. The number of nitrogens with zero attached hydrogens (tertiary/aromatic N) is 2. The minimum absolute atomic E-state index is 0.00704. The minimum atomic E-state index is -3.12. The third kappa shape index (κ3) is 9.64. The van der Waals surface area contributed by atoms with Gasteiger partial charge in [-0.3, -0.25) is 0 Å². The van der Waals surface area contributed by atoms with Gasteiger partial charge in [0.15, 0.2) is 0 Å². The number of nitrogens with one attached hydrogen (secondary N) is 1. The number of hydrogen-bond acceptors (Lipinski definition) is 5. The highest BCUT2D eigenvalue weighted by Crippen LogP contribution is 2.21. The van der Waals surface area contributed by atoms with Crippen molar-refractivity contribution < 1.29 is 16.8 Å². The van der Waals surface area contributed by atoms with E-state index in [1.165, 1.54) is 0 Å². The van der Waals surface area contributed by atoms with E-state index in [0.717, 1.165) is 13.1 Å². The highest BCUT2D eigenvalue weighted by atomic mass is 32.2. The second kappa shape index (κ2) is 11.6. The summed E-state index contributed by atoms with van der Waals surface area (Å²) in [6.45, 7) is 19.1. The molecule has 0 bridgehead atoms. The van der Waals surface area contributed by atoms with Crippen molar-refractivity contribution in [2.75, 3.05) is 33.2 Å². The molecule has 1 rings (SSSR count). The fourth-order valence-electron chi connectivity index (χ4n) is 1.88. The molecule has 0 aliphatic carbocycles. The summed E-state index contributed by atoms with van der Waals surface area (Å²) in [5.41, 5.74) is 0. The topological polar surface area (TPSA) is 86.8 Å². The zero-order valence-corrected chi connectivity index (χ0v) is 20.0. The monoisotopic (exact) mass is 415 g/mol. The normalized spacial score (nSPS) is 17.4. The van der Waals surface area contributed by atoms with E-state index in [2.05, 4.69) is 9.62 Å². The molecule has 7 nitrogen and oxygen atoms in total. The molecule has 1 saturated heterocycles. The number of sulfonamides is 2. The van der Waals surface area contributed by atoms with E-state index in [1.54, 1.807) is 52.8 Å². The van der Waals surface area contributed by atoms with Crippen LogP contribution in [0.5, 0.6) is 0 Å². The van der Waals surface area contributed by atoms with E-state index < -0.39 is 24.8 Å². The summed E-state index contributed by atoms with van der Waals surface area (Å²) in [5, 5.41) is -0.338. The van der Waals surface area contributed by atoms with Gasteiger partial charge in [-0.05, 0) is 55.5 Å². The van der Waals surface area contributed by atoms with Crippen molar-refractivity contribution in [3.63, 3.8) is 0 Å². The number of piperazine rings is 1.